The molecule has 0 aromatic heterocycles. The Kier molecular flexibility index (Phi) is 5.28. The van der Waals surface area contributed by atoms with Crippen LogP contribution in [0.25, 0.3) is 0 Å². The van der Waals surface area contributed by atoms with E-state index in [0.717, 1.165) is 9.37 Å². The molecule has 0 spiro atoms. The lowest BCUT2D eigenvalue weighted by atomic mass is 10.2. The topological polar surface area (TPSA) is 57.7 Å². The number of likely N-dealkylation sites (tertiary alicyclic amines) is 1. The number of hydrogen-bond acceptors (Lipinski definition) is 3. The number of carbonyl (C=O) groups excluding carboxylic acids is 3. The standard InChI is InChI=1S/C15H16BrFN2O3/c1-18(9-10-8-11(16)2-3-12(10)17)13(20)6-7-19-14(21)4-5-15(19)22/h2-3,8H,4-7,9H2,1H3. The van der Waals surface area contributed by atoms with E-state index in [2.05, 4.69) is 15.9 Å². The summed E-state index contributed by atoms with van der Waals surface area (Å²) in [5, 5.41) is 0. The molecule has 0 aliphatic carbocycles. The van der Waals surface area contributed by atoms with Gasteiger partial charge in [-0.3, -0.25) is 19.3 Å². The molecule has 2 rings (SSSR count). The molecule has 0 saturated carbocycles. The molecular weight excluding hydrogens is 355 g/mol. The molecule has 22 heavy (non-hydrogen) atoms. The van der Waals surface area contributed by atoms with Crippen LogP contribution in [0.5, 0.6) is 0 Å². The predicted octanol–water partition coefficient (Wildman–Crippen LogP) is 2.09. The third-order valence-electron chi connectivity index (χ3n) is 3.55. The van der Waals surface area contributed by atoms with Gasteiger partial charge >= 0.3 is 0 Å². The number of amides is 3. The van der Waals surface area contributed by atoms with E-state index >= 15 is 0 Å². The third kappa shape index (κ3) is 3.91. The summed E-state index contributed by atoms with van der Waals surface area (Å²) in [4.78, 5) is 37.5. The lowest BCUT2D eigenvalue weighted by molar-refractivity contribution is -0.139. The van der Waals surface area contributed by atoms with Crippen LogP contribution in [0, 0.1) is 5.82 Å². The summed E-state index contributed by atoms with van der Waals surface area (Å²) in [6.07, 6.45) is 0.474. The maximum Gasteiger partial charge on any atom is 0.229 e. The maximum absolute atomic E-state index is 13.7. The summed E-state index contributed by atoms with van der Waals surface area (Å²) in [7, 11) is 1.57. The normalized spacial score (nSPS) is 14.6. The first-order chi connectivity index (χ1) is 10.4. The van der Waals surface area contributed by atoms with E-state index in [1.807, 2.05) is 0 Å². The largest absolute Gasteiger partial charge is 0.341 e. The molecule has 3 amide bonds. The summed E-state index contributed by atoms with van der Waals surface area (Å²) >= 11 is 3.26. The van der Waals surface area contributed by atoms with Crippen molar-refractivity contribution in [2.75, 3.05) is 13.6 Å². The minimum atomic E-state index is -0.382. The zero-order valence-corrected chi connectivity index (χ0v) is 13.7. The van der Waals surface area contributed by atoms with E-state index in [-0.39, 0.29) is 55.9 Å². The van der Waals surface area contributed by atoms with Gasteiger partial charge in [-0.1, -0.05) is 15.9 Å². The summed E-state index contributed by atoms with van der Waals surface area (Å²) in [5.74, 6) is -1.10. The molecule has 1 fully saturated rings. The predicted molar refractivity (Wildman–Crippen MR) is 81.1 cm³/mol. The molecule has 0 N–H and O–H groups in total. The highest BCUT2D eigenvalue weighted by molar-refractivity contribution is 9.10. The van der Waals surface area contributed by atoms with Gasteiger partial charge in [0.05, 0.1) is 0 Å². The Morgan fingerprint density at radius 3 is 2.59 bits per heavy atom. The smallest absolute Gasteiger partial charge is 0.229 e. The average molecular weight is 371 g/mol. The van der Waals surface area contributed by atoms with Gasteiger partial charge in [0.25, 0.3) is 0 Å². The Morgan fingerprint density at radius 2 is 1.95 bits per heavy atom. The van der Waals surface area contributed by atoms with Crippen LogP contribution >= 0.6 is 15.9 Å². The van der Waals surface area contributed by atoms with Crippen molar-refractivity contribution >= 4 is 33.7 Å². The van der Waals surface area contributed by atoms with E-state index in [1.54, 1.807) is 19.2 Å². The molecule has 118 valence electrons. The summed E-state index contributed by atoms with van der Waals surface area (Å²) in [6.45, 7) is 0.216. The van der Waals surface area contributed by atoms with Gasteiger partial charge in [-0.2, -0.15) is 0 Å². The van der Waals surface area contributed by atoms with Gasteiger partial charge in [0, 0.05) is 49.4 Å². The van der Waals surface area contributed by atoms with Crippen LogP contribution in [-0.4, -0.2) is 41.1 Å². The number of rotatable bonds is 5. The maximum atomic E-state index is 13.7. The van der Waals surface area contributed by atoms with E-state index in [1.165, 1.54) is 11.0 Å². The molecular formula is C15H16BrFN2O3. The fourth-order valence-electron chi connectivity index (χ4n) is 2.28. The molecule has 1 aromatic carbocycles. The summed E-state index contributed by atoms with van der Waals surface area (Å²) < 4.78 is 14.4. The second-order valence-electron chi connectivity index (χ2n) is 5.17. The first-order valence-electron chi connectivity index (χ1n) is 6.89. The third-order valence-corrected chi connectivity index (χ3v) is 4.04. The van der Waals surface area contributed by atoms with Crippen LogP contribution < -0.4 is 0 Å². The van der Waals surface area contributed by atoms with Gasteiger partial charge in [0.15, 0.2) is 0 Å². The van der Waals surface area contributed by atoms with Crippen LogP contribution in [-0.2, 0) is 20.9 Å². The lowest BCUT2D eigenvalue weighted by Crippen LogP contribution is -2.34. The number of nitrogens with zero attached hydrogens (tertiary/aromatic N) is 2. The number of hydrogen-bond donors (Lipinski definition) is 0. The molecule has 5 nitrogen and oxygen atoms in total. The first kappa shape index (κ1) is 16.6. The van der Waals surface area contributed by atoms with Gasteiger partial charge in [0.2, 0.25) is 17.7 Å². The second kappa shape index (κ2) is 7.00. The summed E-state index contributed by atoms with van der Waals surface area (Å²) in [5.41, 5.74) is 0.401. The van der Waals surface area contributed by atoms with E-state index in [9.17, 15) is 18.8 Å². The molecule has 1 aromatic rings. The molecule has 0 unspecified atom stereocenters. The Hall–Kier alpha value is -1.76. The highest BCUT2D eigenvalue weighted by atomic mass is 79.9. The van der Waals surface area contributed by atoms with Crippen LogP contribution in [0.2, 0.25) is 0 Å². The Bertz CT molecular complexity index is 605. The molecule has 0 atom stereocenters. The van der Waals surface area contributed by atoms with Crippen LogP contribution in [0.4, 0.5) is 4.39 Å². The van der Waals surface area contributed by atoms with Crippen LogP contribution in [0.3, 0.4) is 0 Å². The van der Waals surface area contributed by atoms with Crippen molar-refractivity contribution in [3.63, 3.8) is 0 Å². The van der Waals surface area contributed by atoms with Crippen molar-refractivity contribution in [3.05, 3.63) is 34.1 Å². The van der Waals surface area contributed by atoms with Crippen molar-refractivity contribution in [2.24, 2.45) is 0 Å². The Labute approximate surface area is 136 Å². The van der Waals surface area contributed by atoms with Gasteiger partial charge in [-0.15, -0.1) is 0 Å². The van der Waals surface area contributed by atoms with E-state index in [4.69, 9.17) is 0 Å². The fourth-order valence-corrected chi connectivity index (χ4v) is 2.69. The molecule has 1 heterocycles. The zero-order valence-electron chi connectivity index (χ0n) is 12.1. The van der Waals surface area contributed by atoms with Crippen molar-refractivity contribution in [1.82, 2.24) is 9.80 Å². The molecule has 1 aliphatic rings. The van der Waals surface area contributed by atoms with Crippen molar-refractivity contribution in [2.45, 2.75) is 25.8 Å². The van der Waals surface area contributed by atoms with Gasteiger partial charge < -0.3 is 4.90 Å². The number of halogens is 2. The van der Waals surface area contributed by atoms with Crippen LogP contribution in [0.1, 0.15) is 24.8 Å². The van der Waals surface area contributed by atoms with E-state index in [0.29, 0.717) is 5.56 Å². The van der Waals surface area contributed by atoms with Crippen molar-refractivity contribution < 1.29 is 18.8 Å². The monoisotopic (exact) mass is 370 g/mol. The average Bonchev–Trinajstić information content (AvgIpc) is 2.79. The molecule has 0 radical (unpaired) electrons. The highest BCUT2D eigenvalue weighted by Crippen LogP contribution is 2.17. The SMILES string of the molecule is CN(Cc1cc(Br)ccc1F)C(=O)CCN1C(=O)CCC1=O. The van der Waals surface area contributed by atoms with Gasteiger partial charge in [0.1, 0.15) is 5.82 Å². The first-order valence-corrected chi connectivity index (χ1v) is 7.69. The fraction of sp³-hybridized carbons (Fsp3) is 0.400. The molecule has 1 aliphatic heterocycles. The molecule has 1 saturated heterocycles. The number of benzene rings is 1. The Balaban J connectivity index is 1.91. The minimum Gasteiger partial charge on any atom is -0.341 e. The quantitative estimate of drug-likeness (QED) is 0.745. The molecule has 0 bridgehead atoms. The Morgan fingerprint density at radius 1 is 1.32 bits per heavy atom. The summed E-state index contributed by atoms with van der Waals surface area (Å²) in [6, 6.07) is 4.54. The highest BCUT2D eigenvalue weighted by Gasteiger charge is 2.29. The molecule has 7 heteroatoms. The van der Waals surface area contributed by atoms with Gasteiger partial charge in [-0.05, 0) is 18.2 Å². The van der Waals surface area contributed by atoms with E-state index < -0.39 is 0 Å². The second-order valence-corrected chi connectivity index (χ2v) is 6.09. The number of imide groups is 1. The zero-order chi connectivity index (χ0) is 16.3. The lowest BCUT2D eigenvalue weighted by Gasteiger charge is -2.20. The van der Waals surface area contributed by atoms with Gasteiger partial charge in [-0.25, -0.2) is 4.39 Å². The van der Waals surface area contributed by atoms with Crippen molar-refractivity contribution in [1.29, 1.82) is 0 Å². The minimum absolute atomic E-state index is 0.0452. The van der Waals surface area contributed by atoms with Crippen molar-refractivity contribution in [3.8, 4) is 0 Å². The van der Waals surface area contributed by atoms with Crippen LogP contribution in [0.15, 0.2) is 22.7 Å². The number of carbonyl (C=O) groups is 3.